The standard InChI is InChI=1S/C8H13N3O2/c1-3-4-9-10-8(12)7-5-6(2)13-11-7/h5,9H,3-4H2,1-2H3,(H,10,12). The predicted octanol–water partition coefficient (Wildman–Crippen LogP) is 0.627. The largest absolute Gasteiger partial charge is 0.361 e. The summed E-state index contributed by atoms with van der Waals surface area (Å²) in [5.41, 5.74) is 5.56. The number of hydrazine groups is 1. The third-order valence-corrected chi connectivity index (χ3v) is 1.44. The van der Waals surface area contributed by atoms with E-state index in [-0.39, 0.29) is 5.91 Å². The number of aromatic nitrogens is 1. The van der Waals surface area contributed by atoms with Gasteiger partial charge in [-0.25, -0.2) is 5.43 Å². The average Bonchev–Trinajstić information content (AvgIpc) is 2.52. The summed E-state index contributed by atoms with van der Waals surface area (Å²) < 4.78 is 4.75. The maximum atomic E-state index is 11.2. The third kappa shape index (κ3) is 2.87. The SMILES string of the molecule is CCCNNC(=O)c1cc(C)on1. The van der Waals surface area contributed by atoms with E-state index in [1.165, 1.54) is 0 Å². The molecule has 0 spiro atoms. The molecule has 13 heavy (non-hydrogen) atoms. The molecule has 0 saturated carbocycles. The van der Waals surface area contributed by atoms with E-state index in [9.17, 15) is 4.79 Å². The van der Waals surface area contributed by atoms with Crippen LogP contribution in [-0.2, 0) is 0 Å². The normalized spacial score (nSPS) is 10.0. The number of rotatable bonds is 4. The molecule has 72 valence electrons. The average molecular weight is 183 g/mol. The van der Waals surface area contributed by atoms with Crippen molar-refractivity contribution in [1.29, 1.82) is 0 Å². The first-order chi connectivity index (χ1) is 6.24. The van der Waals surface area contributed by atoms with Crippen molar-refractivity contribution in [3.8, 4) is 0 Å². The van der Waals surface area contributed by atoms with Gasteiger partial charge in [-0.1, -0.05) is 12.1 Å². The Balaban J connectivity index is 2.40. The molecular formula is C8H13N3O2. The first kappa shape index (κ1) is 9.73. The fraction of sp³-hybridized carbons (Fsp3) is 0.500. The van der Waals surface area contributed by atoms with E-state index in [2.05, 4.69) is 16.0 Å². The van der Waals surface area contributed by atoms with Gasteiger partial charge in [-0.15, -0.1) is 0 Å². The number of nitrogens with zero attached hydrogens (tertiary/aromatic N) is 1. The maximum absolute atomic E-state index is 11.2. The monoisotopic (exact) mass is 183 g/mol. The second kappa shape index (κ2) is 4.61. The quantitative estimate of drug-likeness (QED) is 0.530. The van der Waals surface area contributed by atoms with Gasteiger partial charge < -0.3 is 4.52 Å². The van der Waals surface area contributed by atoms with Crippen LogP contribution in [0.1, 0.15) is 29.6 Å². The van der Waals surface area contributed by atoms with Crippen molar-refractivity contribution in [1.82, 2.24) is 16.0 Å². The highest BCUT2D eigenvalue weighted by Gasteiger charge is 2.08. The highest BCUT2D eigenvalue weighted by Crippen LogP contribution is 1.99. The van der Waals surface area contributed by atoms with Gasteiger partial charge in [0.25, 0.3) is 5.91 Å². The van der Waals surface area contributed by atoms with Gasteiger partial charge in [0.05, 0.1) is 0 Å². The number of amides is 1. The van der Waals surface area contributed by atoms with Gasteiger partial charge in [0.15, 0.2) is 5.69 Å². The summed E-state index contributed by atoms with van der Waals surface area (Å²) in [5, 5.41) is 3.57. The van der Waals surface area contributed by atoms with Crippen molar-refractivity contribution < 1.29 is 9.32 Å². The Hall–Kier alpha value is -1.36. The number of aryl methyl sites for hydroxylation is 1. The molecule has 0 aliphatic heterocycles. The molecule has 0 aliphatic carbocycles. The van der Waals surface area contributed by atoms with Gasteiger partial charge in [0.2, 0.25) is 0 Å². The second-order valence-corrected chi connectivity index (χ2v) is 2.70. The summed E-state index contributed by atoms with van der Waals surface area (Å²) in [6, 6.07) is 1.59. The summed E-state index contributed by atoms with van der Waals surface area (Å²) in [5.74, 6) is 0.353. The molecule has 5 nitrogen and oxygen atoms in total. The molecule has 0 fully saturated rings. The van der Waals surface area contributed by atoms with Crippen molar-refractivity contribution >= 4 is 5.91 Å². The minimum Gasteiger partial charge on any atom is -0.361 e. The first-order valence-electron chi connectivity index (χ1n) is 4.20. The zero-order valence-corrected chi connectivity index (χ0v) is 7.76. The van der Waals surface area contributed by atoms with Gasteiger partial charge >= 0.3 is 0 Å². The number of carbonyl (C=O) groups is 1. The van der Waals surface area contributed by atoms with Gasteiger partial charge in [-0.05, 0) is 13.3 Å². The van der Waals surface area contributed by atoms with Gasteiger partial charge in [0, 0.05) is 12.6 Å². The Morgan fingerprint density at radius 3 is 3.00 bits per heavy atom. The number of nitrogens with one attached hydrogen (secondary N) is 2. The van der Waals surface area contributed by atoms with Crippen LogP contribution in [0, 0.1) is 6.92 Å². The van der Waals surface area contributed by atoms with Crippen LogP contribution in [0.5, 0.6) is 0 Å². The third-order valence-electron chi connectivity index (χ3n) is 1.44. The van der Waals surface area contributed by atoms with E-state index in [4.69, 9.17) is 4.52 Å². The van der Waals surface area contributed by atoms with Crippen LogP contribution in [0.4, 0.5) is 0 Å². The number of hydrogen-bond acceptors (Lipinski definition) is 4. The number of hydrogen-bond donors (Lipinski definition) is 2. The zero-order valence-electron chi connectivity index (χ0n) is 7.76. The lowest BCUT2D eigenvalue weighted by atomic mass is 10.4. The fourth-order valence-electron chi connectivity index (χ4n) is 0.805. The summed E-state index contributed by atoms with van der Waals surface area (Å²) in [6.07, 6.45) is 0.956. The molecule has 0 atom stereocenters. The lowest BCUT2D eigenvalue weighted by molar-refractivity contribution is 0.0924. The van der Waals surface area contributed by atoms with Crippen LogP contribution in [0.2, 0.25) is 0 Å². The molecule has 0 unspecified atom stereocenters. The van der Waals surface area contributed by atoms with E-state index in [1.807, 2.05) is 6.92 Å². The van der Waals surface area contributed by atoms with Crippen molar-refractivity contribution in [2.45, 2.75) is 20.3 Å². The van der Waals surface area contributed by atoms with Crippen molar-refractivity contribution in [3.63, 3.8) is 0 Å². The highest BCUT2D eigenvalue weighted by molar-refractivity contribution is 5.91. The van der Waals surface area contributed by atoms with Crippen molar-refractivity contribution in [2.24, 2.45) is 0 Å². The van der Waals surface area contributed by atoms with Crippen molar-refractivity contribution in [2.75, 3.05) is 6.54 Å². The Kier molecular flexibility index (Phi) is 3.45. The van der Waals surface area contributed by atoms with Gasteiger partial charge in [0.1, 0.15) is 5.76 Å². The van der Waals surface area contributed by atoms with Crippen LogP contribution in [-0.4, -0.2) is 17.6 Å². The van der Waals surface area contributed by atoms with E-state index in [0.717, 1.165) is 13.0 Å². The smallest absolute Gasteiger partial charge is 0.287 e. The molecule has 0 aromatic carbocycles. The van der Waals surface area contributed by atoms with Gasteiger partial charge in [-0.2, -0.15) is 0 Å². The molecule has 0 aliphatic rings. The molecule has 0 bridgehead atoms. The summed E-state index contributed by atoms with van der Waals surface area (Å²) in [4.78, 5) is 11.2. The topological polar surface area (TPSA) is 67.2 Å². The molecule has 1 amide bonds. The van der Waals surface area contributed by atoms with Crippen LogP contribution >= 0.6 is 0 Å². The minimum absolute atomic E-state index is 0.273. The Morgan fingerprint density at radius 2 is 2.46 bits per heavy atom. The Labute approximate surface area is 76.5 Å². The predicted molar refractivity (Wildman–Crippen MR) is 47.0 cm³/mol. The Morgan fingerprint density at radius 1 is 1.69 bits per heavy atom. The number of carbonyl (C=O) groups excluding carboxylic acids is 1. The minimum atomic E-state index is -0.273. The van der Waals surface area contributed by atoms with E-state index < -0.39 is 0 Å². The summed E-state index contributed by atoms with van der Waals surface area (Å²) in [6.45, 7) is 4.49. The van der Waals surface area contributed by atoms with E-state index >= 15 is 0 Å². The second-order valence-electron chi connectivity index (χ2n) is 2.70. The molecule has 1 heterocycles. The molecular weight excluding hydrogens is 170 g/mol. The van der Waals surface area contributed by atoms with Crippen LogP contribution in [0.15, 0.2) is 10.6 Å². The van der Waals surface area contributed by atoms with Gasteiger partial charge in [-0.3, -0.25) is 10.2 Å². The highest BCUT2D eigenvalue weighted by atomic mass is 16.5. The van der Waals surface area contributed by atoms with Crippen LogP contribution in [0.25, 0.3) is 0 Å². The molecule has 2 N–H and O–H groups in total. The maximum Gasteiger partial charge on any atom is 0.287 e. The Bertz CT molecular complexity index is 283. The molecule has 1 aromatic heterocycles. The molecule has 0 saturated heterocycles. The summed E-state index contributed by atoms with van der Waals surface area (Å²) in [7, 11) is 0. The first-order valence-corrected chi connectivity index (χ1v) is 4.20. The molecule has 1 aromatic rings. The summed E-state index contributed by atoms with van der Waals surface area (Å²) >= 11 is 0. The van der Waals surface area contributed by atoms with Crippen molar-refractivity contribution in [3.05, 3.63) is 17.5 Å². The fourth-order valence-corrected chi connectivity index (χ4v) is 0.805. The van der Waals surface area contributed by atoms with E-state index in [1.54, 1.807) is 13.0 Å². The molecule has 0 radical (unpaired) electrons. The lowest BCUT2D eigenvalue weighted by Crippen LogP contribution is -2.37. The zero-order chi connectivity index (χ0) is 9.68. The molecule has 5 heteroatoms. The lowest BCUT2D eigenvalue weighted by Gasteiger charge is -2.01. The van der Waals surface area contributed by atoms with E-state index in [0.29, 0.717) is 11.5 Å². The van der Waals surface area contributed by atoms with Crippen LogP contribution in [0.3, 0.4) is 0 Å². The van der Waals surface area contributed by atoms with Crippen LogP contribution < -0.4 is 10.9 Å². The molecule has 1 rings (SSSR count).